The molecule has 1 heterocycles. The molecule has 0 bridgehead atoms. The lowest BCUT2D eigenvalue weighted by Crippen LogP contribution is -2.40. The standard InChI is InChI=1S/C22H25ClFN3O4/c1-12(28)26-15-6-4-5-13(7-15)22(29)27-20-10-16(17(23)11-25-20)21-18(30-2)8-14(24)9-19(21)31-3/h8-11,13,15H,4-7H2,1-3H3,(H,26,28)(H,25,27,29)/t13-,15+/m1/s1. The number of ether oxygens (including phenoxy) is 2. The molecule has 31 heavy (non-hydrogen) atoms. The molecule has 1 aromatic heterocycles. The molecule has 1 aromatic carbocycles. The fourth-order valence-electron chi connectivity index (χ4n) is 3.92. The fourth-order valence-corrected chi connectivity index (χ4v) is 4.12. The van der Waals surface area contributed by atoms with Crippen molar-refractivity contribution in [1.82, 2.24) is 10.3 Å². The van der Waals surface area contributed by atoms with Gasteiger partial charge in [0.25, 0.3) is 0 Å². The number of halogens is 2. The zero-order chi connectivity index (χ0) is 22.5. The highest BCUT2D eigenvalue weighted by molar-refractivity contribution is 6.33. The second kappa shape index (κ2) is 9.96. The van der Waals surface area contributed by atoms with Gasteiger partial charge in [0, 0.05) is 42.8 Å². The van der Waals surface area contributed by atoms with E-state index >= 15 is 0 Å². The van der Waals surface area contributed by atoms with Crippen LogP contribution in [0.4, 0.5) is 10.2 Å². The van der Waals surface area contributed by atoms with Crippen LogP contribution in [0.15, 0.2) is 24.4 Å². The largest absolute Gasteiger partial charge is 0.496 e. The first kappa shape index (κ1) is 22.8. The highest BCUT2D eigenvalue weighted by atomic mass is 35.5. The van der Waals surface area contributed by atoms with E-state index in [1.165, 1.54) is 39.5 Å². The summed E-state index contributed by atoms with van der Waals surface area (Å²) < 4.78 is 24.5. The monoisotopic (exact) mass is 449 g/mol. The number of rotatable bonds is 6. The van der Waals surface area contributed by atoms with Gasteiger partial charge in [-0.1, -0.05) is 18.0 Å². The molecule has 2 aromatic rings. The van der Waals surface area contributed by atoms with Crippen molar-refractivity contribution in [3.63, 3.8) is 0 Å². The molecule has 0 radical (unpaired) electrons. The molecule has 1 fully saturated rings. The van der Waals surface area contributed by atoms with E-state index in [0.29, 0.717) is 28.4 Å². The van der Waals surface area contributed by atoms with Gasteiger partial charge in [-0.15, -0.1) is 0 Å². The molecule has 2 amide bonds. The third-order valence-electron chi connectivity index (χ3n) is 5.30. The van der Waals surface area contributed by atoms with Crippen LogP contribution in [-0.2, 0) is 9.59 Å². The van der Waals surface area contributed by atoms with Crippen LogP contribution in [0.2, 0.25) is 5.02 Å². The topological polar surface area (TPSA) is 89.5 Å². The maximum Gasteiger partial charge on any atom is 0.228 e. The number of carbonyl (C=O) groups is 2. The second-order valence-electron chi connectivity index (χ2n) is 7.48. The van der Waals surface area contributed by atoms with Crippen LogP contribution in [0.3, 0.4) is 0 Å². The van der Waals surface area contributed by atoms with E-state index in [9.17, 15) is 14.0 Å². The first-order chi connectivity index (χ1) is 14.8. The normalized spacial score (nSPS) is 18.2. The Balaban J connectivity index is 1.86. The van der Waals surface area contributed by atoms with Crippen LogP contribution in [0.25, 0.3) is 11.1 Å². The number of methoxy groups -OCH3 is 2. The van der Waals surface area contributed by atoms with E-state index in [0.717, 1.165) is 19.3 Å². The van der Waals surface area contributed by atoms with Gasteiger partial charge < -0.3 is 20.1 Å². The molecule has 0 spiro atoms. The number of hydrogen-bond acceptors (Lipinski definition) is 5. The summed E-state index contributed by atoms with van der Waals surface area (Å²) in [4.78, 5) is 28.4. The summed E-state index contributed by atoms with van der Waals surface area (Å²) in [7, 11) is 2.84. The van der Waals surface area contributed by atoms with E-state index in [4.69, 9.17) is 21.1 Å². The molecule has 2 atom stereocenters. The van der Waals surface area contributed by atoms with Crippen molar-refractivity contribution in [2.24, 2.45) is 5.92 Å². The van der Waals surface area contributed by atoms with E-state index in [2.05, 4.69) is 15.6 Å². The summed E-state index contributed by atoms with van der Waals surface area (Å²) in [6, 6.07) is 4.06. The number of hydrogen-bond donors (Lipinski definition) is 2. The van der Waals surface area contributed by atoms with E-state index in [-0.39, 0.29) is 35.3 Å². The third-order valence-corrected chi connectivity index (χ3v) is 5.60. The van der Waals surface area contributed by atoms with Gasteiger partial charge in [-0.25, -0.2) is 9.37 Å². The lowest BCUT2D eigenvalue weighted by atomic mass is 9.85. The minimum atomic E-state index is -0.512. The first-order valence-electron chi connectivity index (χ1n) is 9.97. The maximum absolute atomic E-state index is 13.9. The predicted octanol–water partition coefficient (Wildman–Crippen LogP) is 4.19. The molecule has 2 N–H and O–H groups in total. The van der Waals surface area contributed by atoms with Crippen molar-refractivity contribution in [1.29, 1.82) is 0 Å². The SMILES string of the molecule is COc1cc(F)cc(OC)c1-c1cc(NC(=O)[C@@H]2CCC[C@H](NC(C)=O)C2)ncc1Cl. The molecular weight excluding hydrogens is 425 g/mol. The van der Waals surface area contributed by atoms with Gasteiger partial charge in [0.1, 0.15) is 23.1 Å². The van der Waals surface area contributed by atoms with Crippen molar-refractivity contribution in [2.75, 3.05) is 19.5 Å². The van der Waals surface area contributed by atoms with Crippen molar-refractivity contribution >= 4 is 29.2 Å². The summed E-state index contributed by atoms with van der Waals surface area (Å²) >= 11 is 6.36. The second-order valence-corrected chi connectivity index (χ2v) is 7.89. The van der Waals surface area contributed by atoms with Crippen LogP contribution < -0.4 is 20.1 Å². The van der Waals surface area contributed by atoms with Crippen molar-refractivity contribution in [3.05, 3.63) is 35.2 Å². The number of amides is 2. The Morgan fingerprint density at radius 3 is 2.45 bits per heavy atom. The van der Waals surface area contributed by atoms with Gasteiger partial charge in [0.15, 0.2) is 0 Å². The zero-order valence-electron chi connectivity index (χ0n) is 17.6. The minimum absolute atomic E-state index is 0.0107. The van der Waals surface area contributed by atoms with Gasteiger partial charge in [0.05, 0.1) is 24.8 Å². The number of pyridine rings is 1. The molecule has 9 heteroatoms. The van der Waals surface area contributed by atoms with Gasteiger partial charge in [-0.05, 0) is 25.3 Å². The number of carbonyl (C=O) groups excluding carboxylic acids is 2. The summed E-state index contributed by atoms with van der Waals surface area (Å²) in [6.07, 6.45) is 4.44. The zero-order valence-corrected chi connectivity index (χ0v) is 18.4. The van der Waals surface area contributed by atoms with E-state index in [1.807, 2.05) is 0 Å². The van der Waals surface area contributed by atoms with Crippen LogP contribution >= 0.6 is 11.6 Å². The van der Waals surface area contributed by atoms with Gasteiger partial charge in [0.2, 0.25) is 11.8 Å². The van der Waals surface area contributed by atoms with E-state index in [1.54, 1.807) is 6.07 Å². The lowest BCUT2D eigenvalue weighted by molar-refractivity contribution is -0.123. The summed E-state index contributed by atoms with van der Waals surface area (Å²) in [5, 5.41) is 6.02. The minimum Gasteiger partial charge on any atom is -0.496 e. The maximum atomic E-state index is 13.9. The number of benzene rings is 1. The third kappa shape index (κ3) is 5.44. The lowest BCUT2D eigenvalue weighted by Gasteiger charge is -2.28. The smallest absolute Gasteiger partial charge is 0.228 e. The Labute approximate surface area is 185 Å². The molecule has 3 rings (SSSR count). The van der Waals surface area contributed by atoms with E-state index < -0.39 is 5.82 Å². The molecule has 1 aliphatic carbocycles. The Hall–Kier alpha value is -2.87. The van der Waals surface area contributed by atoms with Gasteiger partial charge in [-0.3, -0.25) is 9.59 Å². The fraction of sp³-hybridized carbons (Fsp3) is 0.409. The predicted molar refractivity (Wildman–Crippen MR) is 116 cm³/mol. The first-order valence-corrected chi connectivity index (χ1v) is 10.4. The molecular formula is C22H25ClFN3O4. The van der Waals surface area contributed by atoms with Crippen molar-refractivity contribution < 1.29 is 23.5 Å². The van der Waals surface area contributed by atoms with Crippen LogP contribution in [0.1, 0.15) is 32.6 Å². The van der Waals surface area contributed by atoms with Crippen molar-refractivity contribution in [2.45, 2.75) is 38.6 Å². The molecule has 0 saturated heterocycles. The Bertz CT molecular complexity index is 960. The summed E-state index contributed by atoms with van der Waals surface area (Å²) in [6.45, 7) is 1.47. The summed E-state index contributed by atoms with van der Waals surface area (Å²) in [5.41, 5.74) is 0.943. The molecule has 0 aliphatic heterocycles. The van der Waals surface area contributed by atoms with Crippen LogP contribution in [0.5, 0.6) is 11.5 Å². The molecule has 7 nitrogen and oxygen atoms in total. The average molecular weight is 450 g/mol. The highest BCUT2D eigenvalue weighted by Crippen LogP contribution is 2.43. The van der Waals surface area contributed by atoms with Crippen molar-refractivity contribution in [3.8, 4) is 22.6 Å². The molecule has 1 aliphatic rings. The van der Waals surface area contributed by atoms with Gasteiger partial charge in [-0.2, -0.15) is 0 Å². The van der Waals surface area contributed by atoms with Crippen LogP contribution in [0, 0.1) is 11.7 Å². The van der Waals surface area contributed by atoms with Gasteiger partial charge >= 0.3 is 0 Å². The Kier molecular flexibility index (Phi) is 7.33. The molecule has 166 valence electrons. The molecule has 0 unspecified atom stereocenters. The highest BCUT2D eigenvalue weighted by Gasteiger charge is 2.28. The number of nitrogens with zero attached hydrogens (tertiary/aromatic N) is 1. The molecule has 1 saturated carbocycles. The average Bonchev–Trinajstić information content (AvgIpc) is 2.74. The number of anilines is 1. The Morgan fingerprint density at radius 1 is 1.16 bits per heavy atom. The number of nitrogens with one attached hydrogen (secondary N) is 2. The quantitative estimate of drug-likeness (QED) is 0.690. The van der Waals surface area contributed by atoms with Crippen LogP contribution in [-0.4, -0.2) is 37.1 Å². The Morgan fingerprint density at radius 2 is 1.84 bits per heavy atom. The number of aromatic nitrogens is 1. The summed E-state index contributed by atoms with van der Waals surface area (Å²) in [5.74, 6) is -0.227.